The molecule has 3 rings (SSSR count). The molecule has 9 heteroatoms. The minimum Gasteiger partial charge on any atom is -0.487 e. The van der Waals surface area contributed by atoms with E-state index in [9.17, 15) is 0 Å². The summed E-state index contributed by atoms with van der Waals surface area (Å²) in [6, 6.07) is 15.5. The minimum atomic E-state index is 0. The lowest BCUT2D eigenvalue weighted by molar-refractivity contribution is 0.301. The van der Waals surface area contributed by atoms with E-state index in [2.05, 4.69) is 20.6 Å². The zero-order chi connectivity index (χ0) is 20.6. The zero-order valence-electron chi connectivity index (χ0n) is 16.7. The summed E-state index contributed by atoms with van der Waals surface area (Å²) in [6.45, 7) is 1.64. The Bertz CT molecular complexity index is 962. The van der Waals surface area contributed by atoms with E-state index in [0.717, 1.165) is 22.7 Å². The molecule has 3 aromatic rings. The van der Waals surface area contributed by atoms with E-state index in [4.69, 9.17) is 27.9 Å². The van der Waals surface area contributed by atoms with E-state index in [1.165, 1.54) is 0 Å². The van der Waals surface area contributed by atoms with Crippen molar-refractivity contribution in [3.63, 3.8) is 0 Å². The lowest BCUT2D eigenvalue weighted by Crippen LogP contribution is -2.36. The van der Waals surface area contributed by atoms with Crippen LogP contribution < -0.4 is 15.4 Å². The number of hydrogen-bond acceptors (Lipinski definition) is 3. The number of nitrogens with zero attached hydrogens (tertiary/aromatic N) is 3. The number of ether oxygens (including phenoxy) is 1. The zero-order valence-corrected chi connectivity index (χ0v) is 20.6. The molecule has 2 heterocycles. The average molecular weight is 560 g/mol. The molecule has 0 amide bonds. The number of hydrogen-bond donors (Lipinski definition) is 2. The first kappa shape index (κ1) is 24.3. The summed E-state index contributed by atoms with van der Waals surface area (Å²) in [6.07, 6.45) is 1.76. The molecule has 0 fully saturated rings. The third-order valence-corrected chi connectivity index (χ3v) is 5.21. The second-order valence-electron chi connectivity index (χ2n) is 6.37. The number of aromatic nitrogens is 2. The summed E-state index contributed by atoms with van der Waals surface area (Å²) in [7, 11) is 3.60. The molecule has 2 N–H and O–H groups in total. The van der Waals surface area contributed by atoms with Gasteiger partial charge in [0, 0.05) is 32.5 Å². The Morgan fingerprint density at radius 2 is 1.83 bits per heavy atom. The molecule has 0 aliphatic rings. The molecule has 0 radical (unpaired) electrons. The summed E-state index contributed by atoms with van der Waals surface area (Å²) < 4.78 is 7.60. The van der Waals surface area contributed by atoms with Crippen LogP contribution in [0.1, 0.15) is 17.0 Å². The lowest BCUT2D eigenvalue weighted by atomic mass is 10.2. The molecule has 1 aromatic carbocycles. The van der Waals surface area contributed by atoms with Crippen LogP contribution in [0.3, 0.4) is 0 Å². The number of rotatable bonds is 7. The Kier molecular flexibility index (Phi) is 9.74. The summed E-state index contributed by atoms with van der Waals surface area (Å²) in [5, 5.41) is 7.61. The minimum absolute atomic E-state index is 0. The fourth-order valence-electron chi connectivity index (χ4n) is 2.68. The SMILES string of the molecule is CN=C(NCc1ccc(OCc2ccccn2)cc1)NCc1cc(Cl)c(Cl)n1C.I. The van der Waals surface area contributed by atoms with Crippen LogP contribution in [-0.4, -0.2) is 22.6 Å². The van der Waals surface area contributed by atoms with Gasteiger partial charge in [0.25, 0.3) is 0 Å². The first-order valence-electron chi connectivity index (χ1n) is 9.12. The summed E-state index contributed by atoms with van der Waals surface area (Å²) in [4.78, 5) is 8.49. The fourth-order valence-corrected chi connectivity index (χ4v) is 3.10. The molecular formula is C21H24Cl2IN5O. The normalized spacial score (nSPS) is 11.0. The van der Waals surface area contributed by atoms with Crippen LogP contribution in [-0.2, 0) is 26.7 Å². The number of nitrogens with one attached hydrogen (secondary N) is 2. The predicted molar refractivity (Wildman–Crippen MR) is 133 cm³/mol. The molecular weight excluding hydrogens is 536 g/mol. The smallest absolute Gasteiger partial charge is 0.191 e. The van der Waals surface area contributed by atoms with Gasteiger partial charge in [0.2, 0.25) is 0 Å². The molecule has 0 saturated carbocycles. The largest absolute Gasteiger partial charge is 0.487 e. The number of pyridine rings is 1. The Hall–Kier alpha value is -1.97. The second-order valence-corrected chi connectivity index (χ2v) is 7.13. The maximum atomic E-state index is 6.10. The van der Waals surface area contributed by atoms with Crippen molar-refractivity contribution in [3.05, 3.63) is 81.9 Å². The molecule has 160 valence electrons. The standard InChI is InChI=1S/C21H23Cl2N5O.HI/c1-24-21(27-13-17-11-19(22)20(23)28(17)2)26-12-15-6-8-18(9-7-15)29-14-16-5-3-4-10-25-16;/h3-11H,12-14H2,1-2H3,(H2,24,26,27);1H. The van der Waals surface area contributed by atoms with Gasteiger partial charge < -0.3 is 19.9 Å². The van der Waals surface area contributed by atoms with E-state index in [0.29, 0.717) is 35.8 Å². The highest BCUT2D eigenvalue weighted by atomic mass is 127. The fraction of sp³-hybridized carbons (Fsp3) is 0.238. The molecule has 2 aromatic heterocycles. The Morgan fingerprint density at radius 3 is 2.43 bits per heavy atom. The van der Waals surface area contributed by atoms with Gasteiger partial charge in [-0.1, -0.05) is 41.4 Å². The third-order valence-electron chi connectivity index (χ3n) is 4.37. The highest BCUT2D eigenvalue weighted by Gasteiger charge is 2.09. The van der Waals surface area contributed by atoms with Gasteiger partial charge in [0.05, 0.1) is 17.3 Å². The van der Waals surface area contributed by atoms with Crippen molar-refractivity contribution < 1.29 is 4.74 Å². The van der Waals surface area contributed by atoms with E-state index in [-0.39, 0.29) is 24.0 Å². The van der Waals surface area contributed by atoms with Crippen LogP contribution in [0.15, 0.2) is 59.7 Å². The van der Waals surface area contributed by atoms with Gasteiger partial charge in [0.15, 0.2) is 5.96 Å². The van der Waals surface area contributed by atoms with Crippen molar-refractivity contribution in [2.45, 2.75) is 19.7 Å². The average Bonchev–Trinajstić information content (AvgIpc) is 3.00. The van der Waals surface area contributed by atoms with Crippen molar-refractivity contribution in [1.82, 2.24) is 20.2 Å². The van der Waals surface area contributed by atoms with Gasteiger partial charge >= 0.3 is 0 Å². The Balaban J connectivity index is 0.00000320. The van der Waals surface area contributed by atoms with Crippen molar-refractivity contribution in [2.24, 2.45) is 12.0 Å². The van der Waals surface area contributed by atoms with E-state index in [1.807, 2.05) is 60.1 Å². The summed E-state index contributed by atoms with van der Waals surface area (Å²) in [5.41, 5.74) is 2.98. The number of guanidine groups is 1. The first-order chi connectivity index (χ1) is 14.1. The summed E-state index contributed by atoms with van der Waals surface area (Å²) >= 11 is 12.2. The molecule has 6 nitrogen and oxygen atoms in total. The van der Waals surface area contributed by atoms with Crippen LogP contribution in [0, 0.1) is 0 Å². The molecule has 0 aliphatic heterocycles. The maximum Gasteiger partial charge on any atom is 0.191 e. The Morgan fingerprint density at radius 1 is 1.10 bits per heavy atom. The lowest BCUT2D eigenvalue weighted by Gasteiger charge is -2.13. The van der Waals surface area contributed by atoms with Crippen molar-refractivity contribution >= 4 is 53.1 Å². The third kappa shape index (κ3) is 6.78. The van der Waals surface area contributed by atoms with Gasteiger partial charge in [0.1, 0.15) is 17.5 Å². The molecule has 0 bridgehead atoms. The van der Waals surface area contributed by atoms with Crippen molar-refractivity contribution in [1.29, 1.82) is 0 Å². The van der Waals surface area contributed by atoms with Crippen LogP contribution in [0.2, 0.25) is 10.2 Å². The molecule has 0 atom stereocenters. The summed E-state index contributed by atoms with van der Waals surface area (Å²) in [5.74, 6) is 1.49. The molecule has 30 heavy (non-hydrogen) atoms. The number of benzene rings is 1. The monoisotopic (exact) mass is 559 g/mol. The van der Waals surface area contributed by atoms with Crippen LogP contribution >= 0.6 is 47.2 Å². The van der Waals surface area contributed by atoms with E-state index in [1.54, 1.807) is 13.2 Å². The predicted octanol–water partition coefficient (Wildman–Crippen LogP) is 4.79. The number of aliphatic imine (C=N–C) groups is 1. The highest BCUT2D eigenvalue weighted by molar-refractivity contribution is 14.0. The van der Waals surface area contributed by atoms with Gasteiger partial charge in [-0.15, -0.1) is 24.0 Å². The Labute approximate surface area is 203 Å². The van der Waals surface area contributed by atoms with Crippen LogP contribution in [0.5, 0.6) is 5.75 Å². The van der Waals surface area contributed by atoms with Gasteiger partial charge in [-0.3, -0.25) is 9.98 Å². The number of halogens is 3. The van der Waals surface area contributed by atoms with Crippen molar-refractivity contribution in [2.75, 3.05) is 7.05 Å². The van der Waals surface area contributed by atoms with Gasteiger partial charge in [-0.2, -0.15) is 0 Å². The van der Waals surface area contributed by atoms with Gasteiger partial charge in [-0.25, -0.2) is 0 Å². The van der Waals surface area contributed by atoms with E-state index < -0.39 is 0 Å². The first-order valence-corrected chi connectivity index (χ1v) is 9.88. The van der Waals surface area contributed by atoms with E-state index >= 15 is 0 Å². The van der Waals surface area contributed by atoms with Gasteiger partial charge in [-0.05, 0) is 35.9 Å². The topological polar surface area (TPSA) is 63.5 Å². The molecule has 0 aliphatic carbocycles. The van der Waals surface area contributed by atoms with Crippen LogP contribution in [0.25, 0.3) is 0 Å². The maximum absolute atomic E-state index is 6.10. The molecule has 0 unspecified atom stereocenters. The quantitative estimate of drug-likeness (QED) is 0.248. The molecule has 0 spiro atoms. The highest BCUT2D eigenvalue weighted by Crippen LogP contribution is 2.24. The van der Waals surface area contributed by atoms with Crippen LogP contribution in [0.4, 0.5) is 0 Å². The molecule has 0 saturated heterocycles. The second kappa shape index (κ2) is 12.0. The van der Waals surface area contributed by atoms with Crippen molar-refractivity contribution in [3.8, 4) is 5.75 Å².